The van der Waals surface area contributed by atoms with Gasteiger partial charge in [0.05, 0.1) is 0 Å². The summed E-state index contributed by atoms with van der Waals surface area (Å²) in [5, 5.41) is 3.36. The maximum atomic E-state index is 13.5. The fourth-order valence-corrected chi connectivity index (χ4v) is 3.08. The smallest absolute Gasteiger partial charge is 0.124 e. The summed E-state index contributed by atoms with van der Waals surface area (Å²) in [7, 11) is 0. The average molecular weight is 388 g/mol. The molecule has 0 aliphatic carbocycles. The van der Waals surface area contributed by atoms with Crippen molar-refractivity contribution in [1.29, 1.82) is 0 Å². The van der Waals surface area contributed by atoms with Gasteiger partial charge in [-0.2, -0.15) is 0 Å². The van der Waals surface area contributed by atoms with E-state index in [9.17, 15) is 4.39 Å². The van der Waals surface area contributed by atoms with Gasteiger partial charge in [0.2, 0.25) is 0 Å². The highest BCUT2D eigenvalue weighted by Gasteiger charge is 2.22. The zero-order valence-corrected chi connectivity index (χ0v) is 14.8. The molecule has 1 atom stereocenters. The zero-order chi connectivity index (χ0) is 13.0. The number of rotatable bonds is 4. The Labute approximate surface area is 141 Å². The summed E-state index contributed by atoms with van der Waals surface area (Å²) in [6.45, 7) is 6.31. The third kappa shape index (κ3) is 5.49. The van der Waals surface area contributed by atoms with Gasteiger partial charge < -0.3 is 5.32 Å². The van der Waals surface area contributed by atoms with Crippen LogP contribution in [-0.4, -0.2) is 31.1 Å². The van der Waals surface area contributed by atoms with Crippen molar-refractivity contribution >= 4 is 40.7 Å². The van der Waals surface area contributed by atoms with Crippen molar-refractivity contribution in [2.75, 3.05) is 26.2 Å². The first-order valence-corrected chi connectivity index (χ1v) is 7.40. The van der Waals surface area contributed by atoms with Crippen LogP contribution in [0.25, 0.3) is 0 Å². The standard InChI is InChI=1S/C14H20BrFN2.2ClH/c1-2-3-14(18-6-4-17-5-7-18)11-8-12(15)10-13(16)9-11;;/h8-10,14,17H,2-7H2,1H3;2*1H/t14-;;/m0../s1. The largest absolute Gasteiger partial charge is 0.314 e. The first-order valence-electron chi connectivity index (χ1n) is 6.61. The first kappa shape index (κ1) is 20.1. The minimum absolute atomic E-state index is 0. The highest BCUT2D eigenvalue weighted by molar-refractivity contribution is 9.10. The van der Waals surface area contributed by atoms with Crippen LogP contribution in [0, 0.1) is 5.82 Å². The van der Waals surface area contributed by atoms with Crippen LogP contribution in [0.15, 0.2) is 22.7 Å². The molecule has 0 bridgehead atoms. The second kappa shape index (κ2) is 9.96. The van der Waals surface area contributed by atoms with Gasteiger partial charge in [-0.1, -0.05) is 29.3 Å². The average Bonchev–Trinajstić information content (AvgIpc) is 2.36. The second-order valence-electron chi connectivity index (χ2n) is 4.79. The molecular formula is C14H22BrCl2FN2. The minimum atomic E-state index is -0.157. The van der Waals surface area contributed by atoms with Gasteiger partial charge in [-0.05, 0) is 30.2 Å². The Morgan fingerprint density at radius 2 is 1.90 bits per heavy atom. The quantitative estimate of drug-likeness (QED) is 0.833. The SMILES string of the molecule is CCC[C@@H](c1cc(F)cc(Br)c1)N1CCNCC1.Cl.Cl. The molecule has 2 rings (SSSR count). The van der Waals surface area contributed by atoms with Crippen molar-refractivity contribution < 1.29 is 4.39 Å². The van der Waals surface area contributed by atoms with E-state index in [4.69, 9.17) is 0 Å². The van der Waals surface area contributed by atoms with E-state index in [2.05, 4.69) is 33.1 Å². The summed E-state index contributed by atoms with van der Waals surface area (Å²) >= 11 is 3.39. The third-order valence-electron chi connectivity index (χ3n) is 3.42. The van der Waals surface area contributed by atoms with E-state index in [0.29, 0.717) is 6.04 Å². The van der Waals surface area contributed by atoms with Crippen LogP contribution in [0.1, 0.15) is 31.4 Å². The van der Waals surface area contributed by atoms with Crippen molar-refractivity contribution in [2.45, 2.75) is 25.8 Å². The predicted molar refractivity (Wildman–Crippen MR) is 90.7 cm³/mol. The van der Waals surface area contributed by atoms with Crippen LogP contribution >= 0.6 is 40.7 Å². The maximum absolute atomic E-state index is 13.5. The summed E-state index contributed by atoms with van der Waals surface area (Å²) in [5.74, 6) is -0.157. The van der Waals surface area contributed by atoms with Crippen LogP contribution in [-0.2, 0) is 0 Å². The summed E-state index contributed by atoms with van der Waals surface area (Å²) in [5.41, 5.74) is 1.09. The Balaban J connectivity index is 0.00000180. The topological polar surface area (TPSA) is 15.3 Å². The van der Waals surface area contributed by atoms with Crippen LogP contribution in [0.4, 0.5) is 4.39 Å². The molecule has 1 aliphatic heterocycles. The number of hydrogen-bond donors (Lipinski definition) is 1. The summed E-state index contributed by atoms with van der Waals surface area (Å²) in [6, 6.07) is 5.58. The summed E-state index contributed by atoms with van der Waals surface area (Å²) < 4.78 is 14.4. The molecule has 1 aromatic carbocycles. The van der Waals surface area contributed by atoms with E-state index in [1.54, 1.807) is 6.07 Å². The fraction of sp³-hybridized carbons (Fsp3) is 0.571. The van der Waals surface area contributed by atoms with Crippen molar-refractivity contribution in [3.8, 4) is 0 Å². The van der Waals surface area contributed by atoms with Crippen molar-refractivity contribution in [3.05, 3.63) is 34.1 Å². The number of hydrogen-bond acceptors (Lipinski definition) is 2. The van der Waals surface area contributed by atoms with E-state index in [0.717, 1.165) is 49.1 Å². The summed E-state index contributed by atoms with van der Waals surface area (Å²) in [6.07, 6.45) is 2.19. The van der Waals surface area contributed by atoms with Gasteiger partial charge in [0, 0.05) is 36.7 Å². The van der Waals surface area contributed by atoms with Gasteiger partial charge >= 0.3 is 0 Å². The molecule has 1 saturated heterocycles. The molecule has 1 aromatic rings. The van der Waals surface area contributed by atoms with E-state index < -0.39 is 0 Å². The lowest BCUT2D eigenvalue weighted by Gasteiger charge is -2.35. The van der Waals surface area contributed by atoms with E-state index in [-0.39, 0.29) is 30.6 Å². The Hall–Kier alpha value is 0.130. The number of halogens is 4. The Morgan fingerprint density at radius 1 is 1.25 bits per heavy atom. The molecule has 0 unspecified atom stereocenters. The van der Waals surface area contributed by atoms with Gasteiger partial charge in [-0.15, -0.1) is 24.8 Å². The molecule has 1 N–H and O–H groups in total. The van der Waals surface area contributed by atoms with Gasteiger partial charge in [0.15, 0.2) is 0 Å². The van der Waals surface area contributed by atoms with Crippen LogP contribution in [0.5, 0.6) is 0 Å². The Kier molecular flexibility index (Phi) is 10.0. The number of benzene rings is 1. The first-order chi connectivity index (χ1) is 8.70. The van der Waals surface area contributed by atoms with Gasteiger partial charge in [-0.3, -0.25) is 4.90 Å². The normalized spacial score (nSPS) is 16.9. The molecule has 0 spiro atoms. The molecular weight excluding hydrogens is 366 g/mol. The van der Waals surface area contributed by atoms with Crippen molar-refractivity contribution in [2.24, 2.45) is 0 Å². The van der Waals surface area contributed by atoms with Crippen molar-refractivity contribution in [3.63, 3.8) is 0 Å². The molecule has 1 heterocycles. The predicted octanol–water partition coefficient (Wildman–Crippen LogP) is 4.18. The molecule has 0 aromatic heterocycles. The van der Waals surface area contributed by atoms with E-state index in [1.807, 2.05) is 6.07 Å². The number of nitrogens with zero attached hydrogens (tertiary/aromatic N) is 1. The van der Waals surface area contributed by atoms with Crippen LogP contribution in [0.2, 0.25) is 0 Å². The molecule has 1 aliphatic rings. The molecule has 116 valence electrons. The lowest BCUT2D eigenvalue weighted by atomic mass is 10.00. The van der Waals surface area contributed by atoms with E-state index >= 15 is 0 Å². The number of piperazine rings is 1. The lowest BCUT2D eigenvalue weighted by molar-refractivity contribution is 0.164. The second-order valence-corrected chi connectivity index (χ2v) is 5.71. The van der Waals surface area contributed by atoms with Crippen molar-refractivity contribution in [1.82, 2.24) is 10.2 Å². The monoisotopic (exact) mass is 386 g/mol. The maximum Gasteiger partial charge on any atom is 0.124 e. The molecule has 20 heavy (non-hydrogen) atoms. The highest BCUT2D eigenvalue weighted by atomic mass is 79.9. The zero-order valence-electron chi connectivity index (χ0n) is 11.6. The lowest BCUT2D eigenvalue weighted by Crippen LogP contribution is -2.45. The molecule has 2 nitrogen and oxygen atoms in total. The number of nitrogens with one attached hydrogen (secondary N) is 1. The fourth-order valence-electron chi connectivity index (χ4n) is 2.59. The van der Waals surface area contributed by atoms with E-state index in [1.165, 1.54) is 6.07 Å². The third-order valence-corrected chi connectivity index (χ3v) is 3.88. The molecule has 1 fully saturated rings. The Morgan fingerprint density at radius 3 is 2.45 bits per heavy atom. The van der Waals surface area contributed by atoms with Gasteiger partial charge in [-0.25, -0.2) is 4.39 Å². The highest BCUT2D eigenvalue weighted by Crippen LogP contribution is 2.28. The molecule has 6 heteroatoms. The van der Waals surface area contributed by atoms with Gasteiger partial charge in [0.25, 0.3) is 0 Å². The van der Waals surface area contributed by atoms with Crippen LogP contribution in [0.3, 0.4) is 0 Å². The molecule has 0 amide bonds. The van der Waals surface area contributed by atoms with Crippen LogP contribution < -0.4 is 5.32 Å². The van der Waals surface area contributed by atoms with Gasteiger partial charge in [0.1, 0.15) is 5.82 Å². The Bertz CT molecular complexity index is 381. The molecule has 0 radical (unpaired) electrons. The molecule has 0 saturated carbocycles. The summed E-state index contributed by atoms with van der Waals surface area (Å²) in [4.78, 5) is 2.46. The minimum Gasteiger partial charge on any atom is -0.314 e.